The number of piperazine rings is 1. The molecule has 2 aliphatic heterocycles. The summed E-state index contributed by atoms with van der Waals surface area (Å²) >= 11 is 6.45. The minimum absolute atomic E-state index is 0.126. The van der Waals surface area contributed by atoms with E-state index in [-0.39, 0.29) is 11.0 Å². The Labute approximate surface area is 167 Å². The molecule has 2 aromatic carbocycles. The summed E-state index contributed by atoms with van der Waals surface area (Å²) < 4.78 is 6.37. The number of ether oxygens (including phenoxy) is 1. The Kier molecular flexibility index (Phi) is 4.96. The van der Waals surface area contributed by atoms with Gasteiger partial charge in [0.15, 0.2) is 0 Å². The van der Waals surface area contributed by atoms with Gasteiger partial charge in [-0.15, -0.1) is 0 Å². The van der Waals surface area contributed by atoms with Gasteiger partial charge in [-0.2, -0.15) is 0 Å². The number of benzene rings is 2. The molecule has 4 rings (SSSR count). The summed E-state index contributed by atoms with van der Waals surface area (Å²) in [7, 11) is 2.21. The van der Waals surface area contributed by atoms with Crippen LogP contribution in [0, 0.1) is 0 Å². The van der Waals surface area contributed by atoms with Gasteiger partial charge in [0.2, 0.25) is 0 Å². The maximum atomic E-state index is 6.45. The summed E-state index contributed by atoms with van der Waals surface area (Å²) in [6.45, 7) is 9.83. The summed E-state index contributed by atoms with van der Waals surface area (Å²) in [4.78, 5) is 5.02. The standard InChI is InChI=1S/C23H29ClN2O/c1-22(2)16-23(18-7-5-4-6-8-18,17-26-13-11-25(3)12-14-26)20-15-19(24)9-10-21(20)27-22/h4-10,15H,11-14,16-17H2,1-3H3. The first-order valence-corrected chi connectivity index (χ1v) is 10.2. The van der Waals surface area contributed by atoms with Gasteiger partial charge in [0, 0.05) is 55.1 Å². The van der Waals surface area contributed by atoms with Crippen molar-refractivity contribution in [3.8, 4) is 5.75 Å². The first kappa shape index (κ1) is 18.8. The maximum absolute atomic E-state index is 6.45. The molecule has 0 N–H and O–H groups in total. The van der Waals surface area contributed by atoms with Crippen molar-refractivity contribution in [3.05, 3.63) is 64.7 Å². The van der Waals surface area contributed by atoms with E-state index in [4.69, 9.17) is 16.3 Å². The molecule has 2 aliphatic rings. The van der Waals surface area contributed by atoms with Crippen molar-refractivity contribution in [2.45, 2.75) is 31.3 Å². The highest BCUT2D eigenvalue weighted by Crippen LogP contribution is 2.50. The Balaban J connectivity index is 1.84. The molecular weight excluding hydrogens is 356 g/mol. The van der Waals surface area contributed by atoms with Gasteiger partial charge in [0.25, 0.3) is 0 Å². The topological polar surface area (TPSA) is 15.7 Å². The van der Waals surface area contributed by atoms with Crippen molar-refractivity contribution in [2.75, 3.05) is 39.8 Å². The highest BCUT2D eigenvalue weighted by atomic mass is 35.5. The fourth-order valence-corrected chi connectivity index (χ4v) is 4.93. The molecule has 2 heterocycles. The molecule has 0 radical (unpaired) electrons. The van der Waals surface area contributed by atoms with Crippen LogP contribution in [0.25, 0.3) is 0 Å². The van der Waals surface area contributed by atoms with Crippen LogP contribution in [0.3, 0.4) is 0 Å². The minimum Gasteiger partial charge on any atom is -0.487 e. The molecule has 0 aromatic heterocycles. The SMILES string of the molecule is CN1CCN(CC2(c3ccccc3)CC(C)(C)Oc3ccc(Cl)cc32)CC1. The van der Waals surface area contributed by atoms with Crippen LogP contribution in [-0.2, 0) is 5.41 Å². The second-order valence-corrected chi connectivity index (χ2v) is 9.14. The molecule has 27 heavy (non-hydrogen) atoms. The highest BCUT2D eigenvalue weighted by molar-refractivity contribution is 6.30. The molecule has 144 valence electrons. The second kappa shape index (κ2) is 7.12. The molecule has 0 bridgehead atoms. The number of halogens is 1. The molecule has 3 nitrogen and oxygen atoms in total. The molecule has 4 heteroatoms. The van der Waals surface area contributed by atoms with Crippen molar-refractivity contribution in [3.63, 3.8) is 0 Å². The predicted octanol–water partition coefficient (Wildman–Crippen LogP) is 4.43. The van der Waals surface area contributed by atoms with Gasteiger partial charge in [-0.3, -0.25) is 4.90 Å². The van der Waals surface area contributed by atoms with Gasteiger partial charge in [-0.05, 0) is 44.7 Å². The van der Waals surface area contributed by atoms with E-state index in [2.05, 4.69) is 67.1 Å². The molecule has 0 saturated carbocycles. The Hall–Kier alpha value is -1.55. The van der Waals surface area contributed by atoms with Crippen LogP contribution < -0.4 is 4.74 Å². The first-order chi connectivity index (χ1) is 12.9. The Bertz CT molecular complexity index is 799. The van der Waals surface area contributed by atoms with E-state index < -0.39 is 0 Å². The van der Waals surface area contributed by atoms with Crippen LogP contribution in [0.4, 0.5) is 0 Å². The van der Waals surface area contributed by atoms with Gasteiger partial charge in [-0.1, -0.05) is 41.9 Å². The molecule has 0 amide bonds. The third kappa shape index (κ3) is 3.73. The summed E-state index contributed by atoms with van der Waals surface area (Å²) in [5.74, 6) is 0.966. The van der Waals surface area contributed by atoms with Gasteiger partial charge in [0.1, 0.15) is 11.4 Å². The smallest absolute Gasteiger partial charge is 0.124 e. The molecule has 1 unspecified atom stereocenters. The Morgan fingerprint density at radius 1 is 1.00 bits per heavy atom. The summed E-state index contributed by atoms with van der Waals surface area (Å²) in [5.41, 5.74) is 2.21. The average molecular weight is 385 g/mol. The van der Waals surface area contributed by atoms with E-state index in [0.717, 1.165) is 49.9 Å². The van der Waals surface area contributed by atoms with E-state index >= 15 is 0 Å². The average Bonchev–Trinajstić information content (AvgIpc) is 2.64. The fraction of sp³-hybridized carbons (Fsp3) is 0.478. The molecule has 1 atom stereocenters. The summed E-state index contributed by atoms with van der Waals surface area (Å²) in [6.07, 6.45) is 0.934. The van der Waals surface area contributed by atoms with Crippen molar-refractivity contribution < 1.29 is 4.74 Å². The normalized spacial score (nSPS) is 25.6. The third-order valence-corrected chi connectivity index (χ3v) is 6.22. The van der Waals surface area contributed by atoms with Crippen LogP contribution in [-0.4, -0.2) is 55.2 Å². The number of hydrogen-bond acceptors (Lipinski definition) is 3. The molecule has 2 aromatic rings. The van der Waals surface area contributed by atoms with Crippen molar-refractivity contribution >= 4 is 11.6 Å². The minimum atomic E-state index is -0.233. The quantitative estimate of drug-likeness (QED) is 0.778. The first-order valence-electron chi connectivity index (χ1n) is 9.83. The van der Waals surface area contributed by atoms with Gasteiger partial charge < -0.3 is 9.64 Å². The van der Waals surface area contributed by atoms with Gasteiger partial charge >= 0.3 is 0 Å². The zero-order valence-electron chi connectivity index (χ0n) is 16.5. The Morgan fingerprint density at radius 3 is 2.41 bits per heavy atom. The zero-order chi connectivity index (χ0) is 19.1. The van der Waals surface area contributed by atoms with E-state index in [1.807, 2.05) is 12.1 Å². The largest absolute Gasteiger partial charge is 0.487 e. The molecule has 1 fully saturated rings. The van der Waals surface area contributed by atoms with E-state index in [9.17, 15) is 0 Å². The van der Waals surface area contributed by atoms with Crippen molar-refractivity contribution in [1.29, 1.82) is 0 Å². The van der Waals surface area contributed by atoms with Crippen LogP contribution >= 0.6 is 11.6 Å². The number of nitrogens with zero attached hydrogens (tertiary/aromatic N) is 2. The number of likely N-dealkylation sites (N-methyl/N-ethyl adjacent to an activating group) is 1. The van der Waals surface area contributed by atoms with Crippen molar-refractivity contribution in [2.24, 2.45) is 0 Å². The van der Waals surface area contributed by atoms with E-state index in [0.29, 0.717) is 0 Å². The van der Waals surface area contributed by atoms with E-state index in [1.54, 1.807) is 0 Å². The lowest BCUT2D eigenvalue weighted by Crippen LogP contribution is -2.54. The number of fused-ring (bicyclic) bond motifs is 1. The summed E-state index contributed by atoms with van der Waals surface area (Å²) in [6, 6.07) is 17.0. The Morgan fingerprint density at radius 2 is 1.70 bits per heavy atom. The van der Waals surface area contributed by atoms with Crippen molar-refractivity contribution in [1.82, 2.24) is 9.80 Å². The molecule has 0 spiro atoms. The second-order valence-electron chi connectivity index (χ2n) is 8.71. The molecule has 1 saturated heterocycles. The van der Waals surface area contributed by atoms with Crippen LogP contribution in [0.1, 0.15) is 31.4 Å². The maximum Gasteiger partial charge on any atom is 0.124 e. The predicted molar refractivity (Wildman–Crippen MR) is 112 cm³/mol. The fourth-order valence-electron chi connectivity index (χ4n) is 4.76. The molecular formula is C23H29ClN2O. The zero-order valence-corrected chi connectivity index (χ0v) is 17.3. The van der Waals surface area contributed by atoms with Gasteiger partial charge in [-0.25, -0.2) is 0 Å². The third-order valence-electron chi connectivity index (χ3n) is 5.99. The van der Waals surface area contributed by atoms with E-state index in [1.165, 1.54) is 11.1 Å². The van der Waals surface area contributed by atoms with Crippen LogP contribution in [0.2, 0.25) is 5.02 Å². The number of rotatable bonds is 3. The summed E-state index contributed by atoms with van der Waals surface area (Å²) in [5, 5.41) is 0.774. The lowest BCUT2D eigenvalue weighted by molar-refractivity contribution is 0.0362. The van der Waals surface area contributed by atoms with Gasteiger partial charge in [0.05, 0.1) is 0 Å². The lowest BCUT2D eigenvalue weighted by atomic mass is 9.66. The highest BCUT2D eigenvalue weighted by Gasteiger charge is 2.47. The number of hydrogen-bond donors (Lipinski definition) is 0. The molecule has 0 aliphatic carbocycles. The van der Waals surface area contributed by atoms with Crippen LogP contribution in [0.5, 0.6) is 5.75 Å². The monoisotopic (exact) mass is 384 g/mol. The van der Waals surface area contributed by atoms with Crippen LogP contribution in [0.15, 0.2) is 48.5 Å². The lowest BCUT2D eigenvalue weighted by Gasteiger charge is -2.49.